The van der Waals surface area contributed by atoms with Crippen LogP contribution < -0.4 is 0 Å². The van der Waals surface area contributed by atoms with Crippen molar-refractivity contribution in [3.05, 3.63) is 0 Å². The van der Waals surface area contributed by atoms with Crippen LogP contribution in [-0.2, 0) is 36.4 Å². The van der Waals surface area contributed by atoms with Gasteiger partial charge in [-0.1, -0.05) is 0 Å². The Morgan fingerprint density at radius 2 is 1.25 bits per heavy atom. The molecule has 30 valence electrons. The van der Waals surface area contributed by atoms with Gasteiger partial charge < -0.3 is 5.48 Å². The van der Waals surface area contributed by atoms with Crippen LogP contribution in [0, 0.1) is 0 Å². The molecule has 0 aromatic carbocycles. The van der Waals surface area contributed by atoms with Crippen LogP contribution >= 0.6 is 10.6 Å². The predicted octanol–water partition coefficient (Wildman–Crippen LogP) is 0.524. The minimum absolute atomic E-state index is 0. The van der Waals surface area contributed by atoms with Crippen molar-refractivity contribution >= 4 is 10.6 Å². The molecule has 0 spiro atoms. The molecule has 0 atom stereocenters. The zero-order valence-corrected chi connectivity index (χ0v) is 4.39. The first-order valence-corrected chi connectivity index (χ1v) is 1.79. The summed E-state index contributed by atoms with van der Waals surface area (Å²) in [6.07, 6.45) is 0. The molecule has 0 aromatic rings. The molecular weight excluding hydrogens is 163 g/mol. The Morgan fingerprint density at radius 1 is 1.25 bits per heavy atom. The van der Waals surface area contributed by atoms with E-state index in [1.165, 1.54) is 0 Å². The van der Waals surface area contributed by atoms with Crippen LogP contribution in [0.4, 0.5) is 0 Å². The summed E-state index contributed by atoms with van der Waals surface area (Å²) in [6.45, 7) is 0. The van der Waals surface area contributed by atoms with Crippen molar-refractivity contribution in [1.29, 1.82) is 0 Å². The average molecular weight is 163 g/mol. The quantitative estimate of drug-likeness (QED) is 0.478. The van der Waals surface area contributed by atoms with Crippen molar-refractivity contribution in [2.75, 3.05) is 0 Å². The van der Waals surface area contributed by atoms with Gasteiger partial charge in [0.15, 0.2) is 0 Å². The third kappa shape index (κ3) is 10.8. The van der Waals surface area contributed by atoms with Gasteiger partial charge in [-0.3, -0.25) is 0 Å². The molecule has 0 rings (SSSR count). The second-order valence-corrected chi connectivity index (χ2v) is 0. The summed E-state index contributed by atoms with van der Waals surface area (Å²) in [5, 5.41) is 0. The third-order valence-corrected chi connectivity index (χ3v) is 0. The predicted molar refractivity (Wildman–Crippen MR) is 8.28 cm³/mol. The molecule has 0 N–H and O–H groups in total. The van der Waals surface area contributed by atoms with E-state index in [2.05, 4.69) is 24.9 Å². The fourth-order valence-electron chi connectivity index (χ4n) is 0. The molecule has 0 saturated heterocycles. The Kier molecular flexibility index (Phi) is 143. The molecule has 0 heterocycles. The van der Waals surface area contributed by atoms with Crippen LogP contribution in [0.5, 0.6) is 0 Å². The molecule has 4 heteroatoms. The summed E-state index contributed by atoms with van der Waals surface area (Å²) >= 11 is 2.83. The standard InChI is InChI=1S/Fe.Ni.O.S/q;+2;-2;. The first kappa shape index (κ1) is 19.0. The first-order chi connectivity index (χ1) is 1.00. The Bertz CT molecular complexity index is 8.00. The van der Waals surface area contributed by atoms with Crippen molar-refractivity contribution in [2.45, 2.75) is 0 Å². The zero-order chi connectivity index (χ0) is 2.00. The normalized spacial score (nSPS) is 1.25. The fourth-order valence-corrected chi connectivity index (χ4v) is 0. The molecule has 0 unspecified atom stereocenters. The van der Waals surface area contributed by atoms with Crippen LogP contribution in [0.2, 0.25) is 0 Å². The molecule has 0 aliphatic heterocycles. The van der Waals surface area contributed by atoms with Crippen LogP contribution in [-0.4, -0.2) is 0 Å². The van der Waals surface area contributed by atoms with Gasteiger partial charge in [-0.2, -0.15) is 0 Å². The van der Waals surface area contributed by atoms with Crippen molar-refractivity contribution in [3.63, 3.8) is 0 Å². The van der Waals surface area contributed by atoms with E-state index >= 15 is 0 Å². The van der Waals surface area contributed by atoms with Gasteiger partial charge in [0.05, 0.1) is 0 Å². The maximum absolute atomic E-state index is 3.83. The summed E-state index contributed by atoms with van der Waals surface area (Å²) in [6, 6.07) is 0. The Balaban J connectivity index is -0.00000000500. The molecule has 1 nitrogen and oxygen atoms in total. The molecule has 0 aliphatic rings. The van der Waals surface area contributed by atoms with E-state index in [9.17, 15) is 0 Å². The van der Waals surface area contributed by atoms with Crippen LogP contribution in [0.3, 0.4) is 0 Å². The van der Waals surface area contributed by atoms with Gasteiger partial charge in [0.25, 0.3) is 0 Å². The van der Waals surface area contributed by atoms with Gasteiger partial charge in [-0.15, -0.1) is 0 Å². The third-order valence-electron chi connectivity index (χ3n) is 0. The molecule has 4 heavy (non-hydrogen) atoms. The SMILES string of the molecule is [Ni+2].[O-2].[S]=[Fe]. The number of hydrogen-bond donors (Lipinski definition) is 0. The Labute approximate surface area is 47.1 Å². The molecule has 0 aromatic heterocycles. The van der Waals surface area contributed by atoms with Gasteiger partial charge in [0, 0.05) is 0 Å². The van der Waals surface area contributed by atoms with Crippen molar-refractivity contribution in [2.24, 2.45) is 0 Å². The van der Waals surface area contributed by atoms with Crippen molar-refractivity contribution in [1.82, 2.24) is 0 Å². The molecule has 0 bridgehead atoms. The van der Waals surface area contributed by atoms with E-state index in [0.717, 1.165) is 0 Å². The van der Waals surface area contributed by atoms with E-state index in [1.807, 2.05) is 0 Å². The van der Waals surface area contributed by atoms with Crippen LogP contribution in [0.1, 0.15) is 0 Å². The summed E-state index contributed by atoms with van der Waals surface area (Å²) in [5.74, 6) is 0. The number of hydrogen-bond acceptors (Lipinski definition) is 1. The molecule has 0 radical (unpaired) electrons. The van der Waals surface area contributed by atoms with Gasteiger partial charge in [-0.25, -0.2) is 0 Å². The van der Waals surface area contributed by atoms with Crippen molar-refractivity contribution < 1.29 is 36.4 Å². The summed E-state index contributed by atoms with van der Waals surface area (Å²) in [7, 11) is 3.83. The van der Waals surface area contributed by atoms with Crippen LogP contribution in [0.25, 0.3) is 0 Å². The van der Waals surface area contributed by atoms with Gasteiger partial charge in [-0.05, 0) is 0 Å². The molecule has 0 saturated carbocycles. The van der Waals surface area contributed by atoms with E-state index in [1.54, 1.807) is 0 Å². The topological polar surface area (TPSA) is 28.5 Å². The molecule has 0 amide bonds. The van der Waals surface area contributed by atoms with Crippen molar-refractivity contribution in [3.8, 4) is 0 Å². The molecule has 0 aliphatic carbocycles. The summed E-state index contributed by atoms with van der Waals surface area (Å²) in [5.41, 5.74) is 0. The minimum atomic E-state index is 0. The Morgan fingerprint density at radius 3 is 1.25 bits per heavy atom. The van der Waals surface area contributed by atoms with Gasteiger partial charge in [0.1, 0.15) is 0 Å². The van der Waals surface area contributed by atoms with Gasteiger partial charge in [0.2, 0.25) is 0 Å². The summed E-state index contributed by atoms with van der Waals surface area (Å²) in [4.78, 5) is 0. The first-order valence-electron chi connectivity index (χ1n) is 0.144. The fraction of sp³-hybridized carbons (Fsp3) is 0. The van der Waals surface area contributed by atoms with E-state index in [4.69, 9.17) is 0 Å². The summed E-state index contributed by atoms with van der Waals surface area (Å²) < 4.78 is 0. The zero-order valence-electron chi connectivity index (χ0n) is 1.49. The van der Waals surface area contributed by atoms with E-state index in [-0.39, 0.29) is 22.0 Å². The van der Waals surface area contributed by atoms with E-state index in [0.29, 0.717) is 0 Å². The second-order valence-electron chi connectivity index (χ2n) is 0. The molecule has 0 fully saturated rings. The average Bonchev–Trinajstić information content (AvgIpc) is 1.00. The number of rotatable bonds is 0. The molecular formula is FeNiOS. The van der Waals surface area contributed by atoms with E-state index < -0.39 is 0 Å². The maximum atomic E-state index is 3.83. The second kappa shape index (κ2) is 30.0. The monoisotopic (exact) mass is 162 g/mol. The van der Waals surface area contributed by atoms with Gasteiger partial charge >= 0.3 is 41.4 Å². The van der Waals surface area contributed by atoms with Crippen LogP contribution in [0.15, 0.2) is 0 Å². The Hall–Kier alpha value is 1.19.